The maximum Gasteiger partial charge on any atom is -0.0349 e. The Hall–Kier alpha value is 0. The predicted octanol–water partition coefficient (Wildman–Crippen LogP) is 3.61. The molecule has 0 aliphatic heterocycles. The number of hydrogen-bond donors (Lipinski definition) is 0. The van der Waals surface area contributed by atoms with Crippen LogP contribution in [0, 0.1) is 17.3 Å². The fraction of sp³-hybridized carbons (Fsp3) is 1.00. The summed E-state index contributed by atoms with van der Waals surface area (Å²) < 4.78 is 0. The van der Waals surface area contributed by atoms with Gasteiger partial charge in [0.15, 0.2) is 0 Å². The smallest absolute Gasteiger partial charge is 0.0349 e. The van der Waals surface area contributed by atoms with Gasteiger partial charge in [-0.25, -0.2) is 0 Å². The van der Waals surface area contributed by atoms with Crippen LogP contribution < -0.4 is 0 Å². The molecule has 0 heteroatoms. The van der Waals surface area contributed by atoms with Crippen LogP contribution in [0.5, 0.6) is 0 Å². The van der Waals surface area contributed by atoms with Crippen molar-refractivity contribution < 1.29 is 0 Å². The zero-order chi connectivity index (χ0) is 7.90. The van der Waals surface area contributed by atoms with Crippen molar-refractivity contribution in [2.24, 2.45) is 17.3 Å². The van der Waals surface area contributed by atoms with Gasteiger partial charge in [-0.1, -0.05) is 39.5 Å². The summed E-state index contributed by atoms with van der Waals surface area (Å²) in [4.78, 5) is 0. The second-order valence-corrected chi connectivity index (χ2v) is 5.46. The normalized spacial score (nSPS) is 42.0. The molecule has 0 aromatic carbocycles. The maximum absolute atomic E-state index is 2.46. The number of hydrogen-bond acceptors (Lipinski definition) is 0. The molecule has 0 atom stereocenters. The minimum Gasteiger partial charge on any atom is -0.0599 e. The van der Waals surface area contributed by atoms with Gasteiger partial charge in [-0.2, -0.15) is 0 Å². The van der Waals surface area contributed by atoms with Crippen LogP contribution in [0.1, 0.15) is 52.4 Å². The Morgan fingerprint density at radius 2 is 1.18 bits per heavy atom. The van der Waals surface area contributed by atoms with E-state index < -0.39 is 0 Å². The van der Waals surface area contributed by atoms with Crippen LogP contribution in [0.25, 0.3) is 0 Å². The molecular weight excluding hydrogens is 132 g/mol. The summed E-state index contributed by atoms with van der Waals surface area (Å²) in [5, 5.41) is 0. The fourth-order valence-corrected chi connectivity index (χ4v) is 3.29. The maximum atomic E-state index is 2.46. The topological polar surface area (TPSA) is 0 Å². The Morgan fingerprint density at radius 1 is 0.818 bits per heavy atom. The molecule has 0 heterocycles. The summed E-state index contributed by atoms with van der Waals surface area (Å²) in [5.74, 6) is 2.17. The zero-order valence-electron chi connectivity index (χ0n) is 7.90. The molecule has 3 rings (SSSR count). The average molecular weight is 152 g/mol. The molecular formula is C11H20. The molecule has 3 aliphatic carbocycles. The van der Waals surface area contributed by atoms with Crippen LogP contribution in [0.15, 0.2) is 0 Å². The summed E-state index contributed by atoms with van der Waals surface area (Å²) in [6, 6.07) is 0. The molecule has 0 N–H and O–H groups in total. The first-order valence-corrected chi connectivity index (χ1v) is 5.16. The monoisotopic (exact) mass is 152 g/mol. The van der Waals surface area contributed by atoms with E-state index in [-0.39, 0.29) is 0 Å². The van der Waals surface area contributed by atoms with Crippen molar-refractivity contribution in [3.05, 3.63) is 0 Å². The third-order valence-corrected chi connectivity index (χ3v) is 3.65. The molecule has 0 nitrogen and oxygen atoms in total. The molecule has 64 valence electrons. The van der Waals surface area contributed by atoms with E-state index in [0.29, 0.717) is 5.41 Å². The van der Waals surface area contributed by atoms with Gasteiger partial charge in [-0.15, -0.1) is 0 Å². The fourth-order valence-electron chi connectivity index (χ4n) is 3.29. The van der Waals surface area contributed by atoms with Gasteiger partial charge in [-0.05, 0) is 30.1 Å². The summed E-state index contributed by atoms with van der Waals surface area (Å²) in [7, 11) is 0. The lowest BCUT2D eigenvalue weighted by molar-refractivity contribution is 0.274. The SMILES string of the molecule is CC1(C)CC2CCC(CC2)C1. The van der Waals surface area contributed by atoms with Gasteiger partial charge in [0.2, 0.25) is 0 Å². The quantitative estimate of drug-likeness (QED) is 0.497. The highest BCUT2D eigenvalue weighted by molar-refractivity contribution is 4.86. The Kier molecular flexibility index (Phi) is 1.74. The molecule has 0 unspecified atom stereocenters. The first kappa shape index (κ1) is 7.64. The first-order chi connectivity index (χ1) is 5.16. The van der Waals surface area contributed by atoms with E-state index in [9.17, 15) is 0 Å². The Balaban J connectivity index is 2.12. The second kappa shape index (κ2) is 2.50. The number of rotatable bonds is 0. The molecule has 3 aliphatic rings. The summed E-state index contributed by atoms with van der Waals surface area (Å²) >= 11 is 0. The van der Waals surface area contributed by atoms with E-state index in [4.69, 9.17) is 0 Å². The Labute approximate surface area is 70.4 Å². The van der Waals surface area contributed by atoms with E-state index in [1.54, 1.807) is 0 Å². The van der Waals surface area contributed by atoms with E-state index >= 15 is 0 Å². The van der Waals surface area contributed by atoms with Gasteiger partial charge in [0.25, 0.3) is 0 Å². The van der Waals surface area contributed by atoms with Crippen molar-refractivity contribution in [2.45, 2.75) is 52.4 Å². The molecule has 0 aromatic rings. The second-order valence-electron chi connectivity index (χ2n) is 5.46. The van der Waals surface area contributed by atoms with E-state index in [0.717, 1.165) is 11.8 Å². The third kappa shape index (κ3) is 1.60. The predicted molar refractivity (Wildman–Crippen MR) is 48.5 cm³/mol. The van der Waals surface area contributed by atoms with Gasteiger partial charge in [-0.3, -0.25) is 0 Å². The van der Waals surface area contributed by atoms with Crippen molar-refractivity contribution in [1.82, 2.24) is 0 Å². The lowest BCUT2D eigenvalue weighted by atomic mass is 9.82. The minimum atomic E-state index is 0.669. The molecule has 2 bridgehead atoms. The van der Waals surface area contributed by atoms with Gasteiger partial charge in [0.05, 0.1) is 0 Å². The van der Waals surface area contributed by atoms with Crippen molar-refractivity contribution in [3.8, 4) is 0 Å². The molecule has 0 saturated heterocycles. The largest absolute Gasteiger partial charge is 0.0599 e. The Morgan fingerprint density at radius 3 is 1.55 bits per heavy atom. The van der Waals surface area contributed by atoms with Crippen molar-refractivity contribution in [1.29, 1.82) is 0 Å². The molecule has 3 saturated carbocycles. The first-order valence-electron chi connectivity index (χ1n) is 5.16. The van der Waals surface area contributed by atoms with Crippen LogP contribution in [-0.4, -0.2) is 0 Å². The van der Waals surface area contributed by atoms with Crippen molar-refractivity contribution >= 4 is 0 Å². The minimum absolute atomic E-state index is 0.669. The highest BCUT2D eigenvalue weighted by Gasteiger charge is 2.34. The van der Waals surface area contributed by atoms with Crippen molar-refractivity contribution in [3.63, 3.8) is 0 Å². The number of fused-ring (bicyclic) bond motifs is 4. The molecule has 11 heavy (non-hydrogen) atoms. The molecule has 0 radical (unpaired) electrons. The lowest BCUT2D eigenvalue weighted by Gasteiger charge is -2.24. The van der Waals surface area contributed by atoms with Gasteiger partial charge in [0, 0.05) is 0 Å². The Bertz CT molecular complexity index is 122. The van der Waals surface area contributed by atoms with Crippen LogP contribution in [0.4, 0.5) is 0 Å². The van der Waals surface area contributed by atoms with E-state index in [2.05, 4.69) is 13.8 Å². The standard InChI is InChI=1S/C11H20/c1-11(2)7-9-3-4-10(8-11)6-5-9/h9-10H,3-8H2,1-2H3. The van der Waals surface area contributed by atoms with Gasteiger partial charge in [0.1, 0.15) is 0 Å². The third-order valence-electron chi connectivity index (χ3n) is 3.65. The molecule has 0 amide bonds. The average Bonchev–Trinajstić information content (AvgIpc) is 2.12. The highest BCUT2D eigenvalue weighted by atomic mass is 14.4. The van der Waals surface area contributed by atoms with Crippen LogP contribution >= 0.6 is 0 Å². The molecule has 0 spiro atoms. The lowest BCUT2D eigenvalue weighted by Crippen LogP contribution is -2.12. The van der Waals surface area contributed by atoms with E-state index in [1.165, 1.54) is 38.5 Å². The molecule has 3 fully saturated rings. The summed E-state index contributed by atoms with van der Waals surface area (Å²) in [6.45, 7) is 4.92. The molecule has 0 aromatic heterocycles. The summed E-state index contributed by atoms with van der Waals surface area (Å²) in [6.07, 6.45) is 9.15. The zero-order valence-corrected chi connectivity index (χ0v) is 7.90. The van der Waals surface area contributed by atoms with E-state index in [1.807, 2.05) is 0 Å². The van der Waals surface area contributed by atoms with Crippen LogP contribution in [-0.2, 0) is 0 Å². The van der Waals surface area contributed by atoms with Gasteiger partial charge >= 0.3 is 0 Å². The van der Waals surface area contributed by atoms with Crippen LogP contribution in [0.2, 0.25) is 0 Å². The van der Waals surface area contributed by atoms with Crippen molar-refractivity contribution in [2.75, 3.05) is 0 Å². The highest BCUT2D eigenvalue weighted by Crippen LogP contribution is 2.47. The summed E-state index contributed by atoms with van der Waals surface area (Å²) in [5.41, 5.74) is 0.669. The van der Waals surface area contributed by atoms with Gasteiger partial charge < -0.3 is 0 Å². The van der Waals surface area contributed by atoms with Crippen LogP contribution in [0.3, 0.4) is 0 Å².